The third-order valence-corrected chi connectivity index (χ3v) is 4.77. The summed E-state index contributed by atoms with van der Waals surface area (Å²) in [6, 6.07) is 4.67. The molecule has 0 unspecified atom stereocenters. The van der Waals surface area contributed by atoms with E-state index >= 15 is 0 Å². The summed E-state index contributed by atoms with van der Waals surface area (Å²) in [6.45, 7) is 4.39. The predicted molar refractivity (Wildman–Crippen MR) is 84.6 cm³/mol. The van der Waals surface area contributed by atoms with Crippen LogP contribution in [0.3, 0.4) is 0 Å². The molecule has 4 heteroatoms. The third kappa shape index (κ3) is 4.07. The second kappa shape index (κ2) is 7.08. The Hall–Kier alpha value is -1.35. The summed E-state index contributed by atoms with van der Waals surface area (Å²) in [4.78, 5) is 12.0. The summed E-state index contributed by atoms with van der Waals surface area (Å²) >= 11 is 5.92. The number of halogens is 2. The maximum absolute atomic E-state index is 13.6. The van der Waals surface area contributed by atoms with Crippen LogP contribution in [0.2, 0.25) is 5.02 Å². The quantitative estimate of drug-likeness (QED) is 0.822. The number of hydrogen-bond acceptors (Lipinski definition) is 1. The van der Waals surface area contributed by atoms with Crippen molar-refractivity contribution in [3.8, 4) is 0 Å². The number of carbonyl (C=O) groups excluding carboxylic acids is 1. The highest BCUT2D eigenvalue weighted by molar-refractivity contribution is 6.32. The Labute approximate surface area is 130 Å². The van der Waals surface area contributed by atoms with E-state index in [0.717, 1.165) is 12.8 Å². The zero-order valence-electron chi connectivity index (χ0n) is 12.4. The van der Waals surface area contributed by atoms with Gasteiger partial charge in [-0.05, 0) is 36.5 Å². The molecule has 1 aliphatic carbocycles. The molecule has 1 aliphatic rings. The van der Waals surface area contributed by atoms with Gasteiger partial charge in [-0.3, -0.25) is 4.79 Å². The number of benzene rings is 1. The first-order valence-corrected chi connectivity index (χ1v) is 7.79. The molecule has 114 valence electrons. The van der Waals surface area contributed by atoms with E-state index in [1.165, 1.54) is 24.6 Å². The van der Waals surface area contributed by atoms with Crippen molar-refractivity contribution in [1.29, 1.82) is 0 Å². The molecule has 0 saturated heterocycles. The van der Waals surface area contributed by atoms with E-state index in [0.29, 0.717) is 16.9 Å². The number of rotatable bonds is 3. The molecule has 1 aromatic carbocycles. The Morgan fingerprint density at radius 2 is 2.14 bits per heavy atom. The maximum Gasteiger partial charge on any atom is 0.244 e. The Morgan fingerprint density at radius 1 is 1.38 bits per heavy atom. The van der Waals surface area contributed by atoms with Gasteiger partial charge in [-0.15, -0.1) is 0 Å². The minimum atomic E-state index is -0.425. The van der Waals surface area contributed by atoms with E-state index in [1.54, 1.807) is 12.1 Å². The first-order valence-electron chi connectivity index (χ1n) is 7.41. The van der Waals surface area contributed by atoms with Crippen LogP contribution in [-0.2, 0) is 4.79 Å². The highest BCUT2D eigenvalue weighted by atomic mass is 35.5. The molecule has 0 bridgehead atoms. The molecular weight excluding hydrogens is 289 g/mol. The van der Waals surface area contributed by atoms with Gasteiger partial charge in [0, 0.05) is 17.7 Å². The molecule has 21 heavy (non-hydrogen) atoms. The van der Waals surface area contributed by atoms with Crippen LogP contribution in [0.15, 0.2) is 24.3 Å². The van der Waals surface area contributed by atoms with E-state index in [4.69, 9.17) is 11.6 Å². The minimum absolute atomic E-state index is 0.194. The number of carbonyl (C=O) groups is 1. The van der Waals surface area contributed by atoms with Crippen LogP contribution in [0.25, 0.3) is 6.08 Å². The number of nitrogens with one attached hydrogen (secondary N) is 1. The smallest absolute Gasteiger partial charge is 0.244 e. The molecule has 0 radical (unpaired) electrons. The summed E-state index contributed by atoms with van der Waals surface area (Å²) in [5.41, 5.74) is 0.249. The fourth-order valence-electron chi connectivity index (χ4n) is 2.85. The van der Waals surface area contributed by atoms with Crippen molar-refractivity contribution in [2.24, 2.45) is 11.8 Å². The normalized spacial score (nSPS) is 26.0. The Kier molecular flexibility index (Phi) is 5.40. The Bertz CT molecular complexity index is 523. The van der Waals surface area contributed by atoms with E-state index in [1.807, 2.05) is 0 Å². The van der Waals surface area contributed by atoms with Gasteiger partial charge in [0.2, 0.25) is 5.91 Å². The van der Waals surface area contributed by atoms with Crippen LogP contribution in [0, 0.1) is 17.7 Å². The molecule has 0 heterocycles. The summed E-state index contributed by atoms with van der Waals surface area (Å²) in [7, 11) is 0. The molecule has 1 saturated carbocycles. The molecule has 1 fully saturated rings. The van der Waals surface area contributed by atoms with Crippen molar-refractivity contribution in [3.63, 3.8) is 0 Å². The minimum Gasteiger partial charge on any atom is -0.350 e. The van der Waals surface area contributed by atoms with E-state index < -0.39 is 5.82 Å². The van der Waals surface area contributed by atoms with Gasteiger partial charge in [-0.2, -0.15) is 0 Å². The summed E-state index contributed by atoms with van der Waals surface area (Å²) in [6.07, 6.45) is 6.15. The van der Waals surface area contributed by atoms with E-state index in [-0.39, 0.29) is 17.5 Å². The number of hydrogen-bond donors (Lipinski definition) is 1. The zero-order chi connectivity index (χ0) is 15.4. The lowest BCUT2D eigenvalue weighted by molar-refractivity contribution is -0.117. The van der Waals surface area contributed by atoms with Gasteiger partial charge >= 0.3 is 0 Å². The van der Waals surface area contributed by atoms with Crippen LogP contribution < -0.4 is 5.32 Å². The van der Waals surface area contributed by atoms with Gasteiger partial charge < -0.3 is 5.32 Å². The molecule has 2 nitrogen and oxygen atoms in total. The standard InChI is InChI=1S/C17H21ClFNO/c1-11-5-3-8-16(12(11)2)20-17(21)10-9-13-14(18)6-4-7-15(13)19/h4,6-7,9-12,16H,3,5,8H2,1-2H3,(H,20,21)/b10-9+/t11-,12+,16+/m0/s1. The zero-order valence-corrected chi connectivity index (χ0v) is 13.2. The second-order valence-corrected chi connectivity index (χ2v) is 6.26. The summed E-state index contributed by atoms with van der Waals surface area (Å²) < 4.78 is 13.6. The lowest BCUT2D eigenvalue weighted by atomic mass is 9.78. The Morgan fingerprint density at radius 3 is 2.86 bits per heavy atom. The molecule has 0 spiro atoms. The first-order chi connectivity index (χ1) is 9.99. The molecule has 1 aromatic rings. The van der Waals surface area contributed by atoms with Gasteiger partial charge in [-0.1, -0.05) is 44.4 Å². The van der Waals surface area contributed by atoms with Crippen molar-refractivity contribution in [3.05, 3.63) is 40.7 Å². The van der Waals surface area contributed by atoms with Crippen LogP contribution in [0.4, 0.5) is 4.39 Å². The van der Waals surface area contributed by atoms with E-state index in [2.05, 4.69) is 19.2 Å². The lowest BCUT2D eigenvalue weighted by Crippen LogP contribution is -2.43. The predicted octanol–water partition coefficient (Wildman–Crippen LogP) is 4.43. The molecule has 1 amide bonds. The fraction of sp³-hybridized carbons (Fsp3) is 0.471. The molecule has 3 atom stereocenters. The third-order valence-electron chi connectivity index (χ3n) is 4.44. The summed E-state index contributed by atoms with van der Waals surface area (Å²) in [5.74, 6) is 0.466. The average molecular weight is 310 g/mol. The first kappa shape index (κ1) is 16.0. The van der Waals surface area contributed by atoms with E-state index in [9.17, 15) is 9.18 Å². The number of amides is 1. The van der Waals surface area contributed by atoms with Crippen molar-refractivity contribution < 1.29 is 9.18 Å². The van der Waals surface area contributed by atoms with Gasteiger partial charge in [0.25, 0.3) is 0 Å². The molecule has 2 rings (SSSR count). The fourth-order valence-corrected chi connectivity index (χ4v) is 3.07. The molecule has 0 aromatic heterocycles. The molecule has 0 aliphatic heterocycles. The SMILES string of the molecule is C[C@@H]1[C@@H](C)CCC[C@H]1NC(=O)/C=C/c1c(F)cccc1Cl. The van der Waals surface area contributed by atoms with Gasteiger partial charge in [0.05, 0.1) is 5.02 Å². The maximum atomic E-state index is 13.6. The topological polar surface area (TPSA) is 29.1 Å². The van der Waals surface area contributed by atoms with Crippen LogP contribution in [-0.4, -0.2) is 11.9 Å². The van der Waals surface area contributed by atoms with Crippen molar-refractivity contribution in [2.45, 2.75) is 39.2 Å². The van der Waals surface area contributed by atoms with Gasteiger partial charge in [0.1, 0.15) is 5.82 Å². The van der Waals surface area contributed by atoms with Gasteiger partial charge in [-0.25, -0.2) is 4.39 Å². The van der Waals surface area contributed by atoms with Gasteiger partial charge in [0.15, 0.2) is 0 Å². The highest BCUT2D eigenvalue weighted by Gasteiger charge is 2.27. The highest BCUT2D eigenvalue weighted by Crippen LogP contribution is 2.29. The van der Waals surface area contributed by atoms with Crippen LogP contribution >= 0.6 is 11.6 Å². The monoisotopic (exact) mass is 309 g/mol. The van der Waals surface area contributed by atoms with Crippen LogP contribution in [0.1, 0.15) is 38.7 Å². The molecule has 1 N–H and O–H groups in total. The van der Waals surface area contributed by atoms with Crippen LogP contribution in [0.5, 0.6) is 0 Å². The lowest BCUT2D eigenvalue weighted by Gasteiger charge is -2.34. The van der Waals surface area contributed by atoms with Crippen molar-refractivity contribution in [2.75, 3.05) is 0 Å². The average Bonchev–Trinajstić information content (AvgIpc) is 2.43. The van der Waals surface area contributed by atoms with Crippen molar-refractivity contribution >= 4 is 23.6 Å². The van der Waals surface area contributed by atoms with Crippen molar-refractivity contribution in [1.82, 2.24) is 5.32 Å². The second-order valence-electron chi connectivity index (χ2n) is 5.85. The summed E-state index contributed by atoms with van der Waals surface area (Å²) in [5, 5.41) is 3.32. The largest absolute Gasteiger partial charge is 0.350 e. The Balaban J connectivity index is 2.00. The molecular formula is C17H21ClFNO.